The Morgan fingerprint density at radius 2 is 2.12 bits per heavy atom. The van der Waals surface area contributed by atoms with Gasteiger partial charge in [-0.3, -0.25) is 4.79 Å². The number of aromatic nitrogens is 3. The zero-order chi connectivity index (χ0) is 17.9. The zero-order valence-electron chi connectivity index (χ0n) is 14.4. The van der Waals surface area contributed by atoms with E-state index in [1.165, 1.54) is 6.08 Å². The number of fused-ring (bicyclic) bond motifs is 1. The molecule has 0 bridgehead atoms. The Hall–Kier alpha value is -3.21. The fourth-order valence-electron chi connectivity index (χ4n) is 3.54. The number of allylic oxidation sites excluding steroid dienone is 1. The molecule has 2 N–H and O–H groups in total. The Kier molecular flexibility index (Phi) is 4.35. The highest BCUT2D eigenvalue weighted by Crippen LogP contribution is 2.35. The molecule has 0 radical (unpaired) electrons. The van der Waals surface area contributed by atoms with Gasteiger partial charge in [0.05, 0.1) is 11.1 Å². The summed E-state index contributed by atoms with van der Waals surface area (Å²) in [7, 11) is 0. The van der Waals surface area contributed by atoms with E-state index in [-0.39, 0.29) is 11.9 Å². The van der Waals surface area contributed by atoms with E-state index in [1.54, 1.807) is 6.33 Å². The van der Waals surface area contributed by atoms with Gasteiger partial charge in [0.25, 0.3) is 0 Å². The summed E-state index contributed by atoms with van der Waals surface area (Å²) in [5.74, 6) is -0.129. The number of H-pyrrole nitrogens is 1. The van der Waals surface area contributed by atoms with Crippen LogP contribution in [0, 0.1) is 0 Å². The number of hydrogen-bond donors (Lipinski definition) is 2. The first-order valence-corrected chi connectivity index (χ1v) is 8.76. The minimum Gasteiger partial charge on any atom is -0.349 e. The van der Waals surface area contributed by atoms with Crippen molar-refractivity contribution in [1.82, 2.24) is 20.3 Å². The third-order valence-electron chi connectivity index (χ3n) is 4.76. The summed E-state index contributed by atoms with van der Waals surface area (Å²) in [4.78, 5) is 23.9. The van der Waals surface area contributed by atoms with Gasteiger partial charge in [0.15, 0.2) is 0 Å². The topological polar surface area (TPSA) is 70.7 Å². The summed E-state index contributed by atoms with van der Waals surface area (Å²) < 4.78 is 0. The largest absolute Gasteiger partial charge is 0.349 e. The molecule has 1 aliphatic rings. The number of hydrogen-bond acceptors (Lipinski definition) is 3. The molecule has 4 rings (SSSR count). The molecule has 3 aromatic rings. The molecule has 0 aliphatic heterocycles. The number of carbonyl (C=O) groups excluding carboxylic acids is 1. The van der Waals surface area contributed by atoms with Crippen molar-refractivity contribution in [3.05, 3.63) is 67.3 Å². The van der Waals surface area contributed by atoms with Crippen LogP contribution in [0.4, 0.5) is 0 Å². The van der Waals surface area contributed by atoms with E-state index in [4.69, 9.17) is 0 Å². The quantitative estimate of drug-likeness (QED) is 0.706. The first-order chi connectivity index (χ1) is 12.8. The molecule has 2 aromatic heterocycles. The molecule has 0 saturated heterocycles. The molecular formula is C21H20N4O. The molecule has 0 spiro atoms. The Morgan fingerprint density at radius 3 is 2.92 bits per heavy atom. The summed E-state index contributed by atoms with van der Waals surface area (Å²) in [5.41, 5.74) is 5.13. The third kappa shape index (κ3) is 3.04. The van der Waals surface area contributed by atoms with Gasteiger partial charge in [0, 0.05) is 17.8 Å². The summed E-state index contributed by atoms with van der Waals surface area (Å²) in [6, 6.07) is 10.3. The Morgan fingerprint density at radius 1 is 1.27 bits per heavy atom. The second-order valence-electron chi connectivity index (χ2n) is 6.43. The number of carbonyl (C=O) groups is 1. The molecule has 26 heavy (non-hydrogen) atoms. The van der Waals surface area contributed by atoms with Gasteiger partial charge in [-0.2, -0.15) is 0 Å². The van der Waals surface area contributed by atoms with Crippen molar-refractivity contribution in [2.24, 2.45) is 0 Å². The molecule has 1 atom stereocenters. The summed E-state index contributed by atoms with van der Waals surface area (Å²) in [6.45, 7) is 3.53. The second-order valence-corrected chi connectivity index (χ2v) is 6.43. The van der Waals surface area contributed by atoms with E-state index >= 15 is 0 Å². The van der Waals surface area contributed by atoms with Crippen molar-refractivity contribution >= 4 is 22.5 Å². The van der Waals surface area contributed by atoms with Crippen LogP contribution in [0.2, 0.25) is 0 Å². The van der Waals surface area contributed by atoms with Crippen LogP contribution in [0.3, 0.4) is 0 Å². The molecule has 130 valence electrons. The van der Waals surface area contributed by atoms with Crippen molar-refractivity contribution in [3.63, 3.8) is 0 Å². The molecule has 1 amide bonds. The lowest BCUT2D eigenvalue weighted by Gasteiger charge is -2.23. The SMILES string of the molecule is C=CC(=O)NC1CCC=C(c2ncnc3[nH]cc(-c4ccccc4)c23)C1. The van der Waals surface area contributed by atoms with Gasteiger partial charge in [-0.25, -0.2) is 9.97 Å². The van der Waals surface area contributed by atoms with Crippen molar-refractivity contribution < 1.29 is 4.79 Å². The first kappa shape index (κ1) is 16.3. The number of benzene rings is 1. The van der Waals surface area contributed by atoms with Crippen LogP contribution in [0.25, 0.3) is 27.7 Å². The minimum absolute atomic E-state index is 0.102. The average molecular weight is 344 g/mol. The summed E-state index contributed by atoms with van der Waals surface area (Å²) in [6.07, 6.45) is 9.71. The number of nitrogens with zero attached hydrogens (tertiary/aromatic N) is 2. The molecule has 1 aromatic carbocycles. The highest BCUT2D eigenvalue weighted by atomic mass is 16.1. The standard InChI is InChI=1S/C21H20N4O/c1-2-18(26)25-16-10-6-9-15(11-16)20-19-17(14-7-4-3-5-8-14)12-22-21(19)24-13-23-20/h2-5,7-9,12-13,16H,1,6,10-11H2,(H,25,26)(H,22,23,24). The molecule has 1 unspecified atom stereocenters. The van der Waals surface area contributed by atoms with Gasteiger partial charge < -0.3 is 10.3 Å². The summed E-state index contributed by atoms with van der Waals surface area (Å²) >= 11 is 0. The summed E-state index contributed by atoms with van der Waals surface area (Å²) in [5, 5.41) is 4.04. The first-order valence-electron chi connectivity index (χ1n) is 8.76. The van der Waals surface area contributed by atoms with Crippen LogP contribution in [0.1, 0.15) is 25.0 Å². The molecular weight excluding hydrogens is 324 g/mol. The van der Waals surface area contributed by atoms with Gasteiger partial charge in [-0.1, -0.05) is 43.0 Å². The van der Waals surface area contributed by atoms with E-state index in [2.05, 4.69) is 45.1 Å². The van der Waals surface area contributed by atoms with E-state index in [9.17, 15) is 4.79 Å². The van der Waals surface area contributed by atoms with Crippen LogP contribution in [0.15, 0.2) is 61.6 Å². The predicted octanol–water partition coefficient (Wildman–Crippen LogP) is 3.86. The molecule has 0 saturated carbocycles. The fraction of sp³-hybridized carbons (Fsp3) is 0.190. The van der Waals surface area contributed by atoms with Crippen molar-refractivity contribution in [1.29, 1.82) is 0 Å². The molecule has 0 fully saturated rings. The second kappa shape index (κ2) is 6.96. The van der Waals surface area contributed by atoms with Gasteiger partial charge >= 0.3 is 0 Å². The lowest BCUT2D eigenvalue weighted by Crippen LogP contribution is -2.34. The van der Waals surface area contributed by atoms with Crippen molar-refractivity contribution in [2.75, 3.05) is 0 Å². The number of rotatable bonds is 4. The smallest absolute Gasteiger partial charge is 0.243 e. The zero-order valence-corrected chi connectivity index (χ0v) is 14.4. The average Bonchev–Trinajstić information content (AvgIpc) is 3.13. The number of amides is 1. The maximum absolute atomic E-state index is 11.7. The molecule has 5 nitrogen and oxygen atoms in total. The van der Waals surface area contributed by atoms with Crippen LogP contribution < -0.4 is 5.32 Å². The van der Waals surface area contributed by atoms with E-state index in [0.717, 1.165) is 52.7 Å². The molecule has 2 heterocycles. The Balaban J connectivity index is 1.75. The Labute approximate surface area is 151 Å². The predicted molar refractivity (Wildman–Crippen MR) is 103 cm³/mol. The van der Waals surface area contributed by atoms with Crippen LogP contribution in [-0.4, -0.2) is 26.9 Å². The van der Waals surface area contributed by atoms with Gasteiger partial charge in [-0.15, -0.1) is 0 Å². The van der Waals surface area contributed by atoms with E-state index in [1.807, 2.05) is 24.4 Å². The highest BCUT2D eigenvalue weighted by Gasteiger charge is 2.22. The van der Waals surface area contributed by atoms with E-state index < -0.39 is 0 Å². The number of nitrogens with one attached hydrogen (secondary N) is 2. The highest BCUT2D eigenvalue weighted by molar-refractivity contribution is 6.00. The minimum atomic E-state index is -0.129. The lowest BCUT2D eigenvalue weighted by molar-refractivity contribution is -0.117. The fourth-order valence-corrected chi connectivity index (χ4v) is 3.54. The van der Waals surface area contributed by atoms with E-state index in [0.29, 0.717) is 0 Å². The van der Waals surface area contributed by atoms with Gasteiger partial charge in [-0.05, 0) is 36.5 Å². The van der Waals surface area contributed by atoms with Crippen LogP contribution in [-0.2, 0) is 4.79 Å². The van der Waals surface area contributed by atoms with Gasteiger partial charge in [0.2, 0.25) is 5.91 Å². The van der Waals surface area contributed by atoms with Crippen LogP contribution >= 0.6 is 0 Å². The van der Waals surface area contributed by atoms with Gasteiger partial charge in [0.1, 0.15) is 12.0 Å². The normalized spacial score (nSPS) is 16.9. The maximum atomic E-state index is 11.7. The van der Waals surface area contributed by atoms with Crippen molar-refractivity contribution in [3.8, 4) is 11.1 Å². The van der Waals surface area contributed by atoms with Crippen LogP contribution in [0.5, 0.6) is 0 Å². The Bertz CT molecular complexity index is 988. The molecule has 1 aliphatic carbocycles. The van der Waals surface area contributed by atoms with Crippen molar-refractivity contribution in [2.45, 2.75) is 25.3 Å². The molecule has 5 heteroatoms. The maximum Gasteiger partial charge on any atom is 0.243 e. The number of aromatic amines is 1. The lowest BCUT2D eigenvalue weighted by atomic mass is 9.90. The third-order valence-corrected chi connectivity index (χ3v) is 4.76. The monoisotopic (exact) mass is 344 g/mol.